The Morgan fingerprint density at radius 2 is 2.00 bits per heavy atom. The summed E-state index contributed by atoms with van der Waals surface area (Å²) in [4.78, 5) is 0. The zero-order chi connectivity index (χ0) is 12.1. The average molecular weight is 232 g/mol. The molecule has 0 aliphatic heterocycles. The van der Waals surface area contributed by atoms with Crippen LogP contribution in [0.4, 0.5) is 0 Å². The van der Waals surface area contributed by atoms with Crippen molar-refractivity contribution in [3.05, 3.63) is 35.9 Å². The lowest BCUT2D eigenvalue weighted by Gasteiger charge is -2.18. The number of nitrogens with one attached hydrogen (secondary N) is 1. The molecule has 0 amide bonds. The van der Waals surface area contributed by atoms with E-state index in [0.29, 0.717) is 5.41 Å². The van der Waals surface area contributed by atoms with Gasteiger partial charge in [-0.3, -0.25) is 0 Å². The Morgan fingerprint density at radius 1 is 1.29 bits per heavy atom. The number of rotatable bonds is 7. The van der Waals surface area contributed by atoms with Gasteiger partial charge in [0.1, 0.15) is 0 Å². The molecule has 3 N–H and O–H groups in total. The van der Waals surface area contributed by atoms with Crippen molar-refractivity contribution in [3.63, 3.8) is 0 Å². The number of hydrogen-bond donors (Lipinski definition) is 2. The molecule has 0 saturated heterocycles. The van der Waals surface area contributed by atoms with Crippen molar-refractivity contribution in [1.29, 1.82) is 0 Å². The molecule has 0 heterocycles. The summed E-state index contributed by atoms with van der Waals surface area (Å²) in [5, 5.41) is 3.55. The second-order valence-corrected chi connectivity index (χ2v) is 5.40. The first-order valence-corrected chi connectivity index (χ1v) is 6.77. The van der Waals surface area contributed by atoms with E-state index in [0.717, 1.165) is 13.1 Å². The van der Waals surface area contributed by atoms with Gasteiger partial charge in [-0.15, -0.1) is 0 Å². The first-order valence-electron chi connectivity index (χ1n) is 6.77. The van der Waals surface area contributed by atoms with Gasteiger partial charge in [0.05, 0.1) is 0 Å². The molecule has 0 radical (unpaired) electrons. The van der Waals surface area contributed by atoms with Crippen molar-refractivity contribution in [1.82, 2.24) is 5.32 Å². The molecule has 94 valence electrons. The Balaban J connectivity index is 1.72. The number of benzene rings is 1. The van der Waals surface area contributed by atoms with E-state index in [1.807, 2.05) is 6.07 Å². The highest BCUT2D eigenvalue weighted by molar-refractivity contribution is 5.18. The zero-order valence-electron chi connectivity index (χ0n) is 10.8. The highest BCUT2D eigenvalue weighted by Crippen LogP contribution is 2.48. The van der Waals surface area contributed by atoms with Crippen molar-refractivity contribution >= 4 is 0 Å². The fourth-order valence-electron chi connectivity index (χ4n) is 2.53. The van der Waals surface area contributed by atoms with E-state index < -0.39 is 0 Å². The van der Waals surface area contributed by atoms with Gasteiger partial charge in [-0.2, -0.15) is 0 Å². The van der Waals surface area contributed by atoms with Crippen LogP contribution in [-0.2, 0) is 0 Å². The van der Waals surface area contributed by atoms with Gasteiger partial charge in [0, 0.05) is 19.1 Å². The average Bonchev–Trinajstić information content (AvgIpc) is 3.11. The van der Waals surface area contributed by atoms with E-state index >= 15 is 0 Å². The van der Waals surface area contributed by atoms with E-state index in [-0.39, 0.29) is 6.04 Å². The summed E-state index contributed by atoms with van der Waals surface area (Å²) in [6, 6.07) is 10.5. The van der Waals surface area contributed by atoms with Gasteiger partial charge in [0.25, 0.3) is 0 Å². The van der Waals surface area contributed by atoms with Gasteiger partial charge in [0.2, 0.25) is 0 Å². The van der Waals surface area contributed by atoms with Crippen LogP contribution >= 0.6 is 0 Å². The van der Waals surface area contributed by atoms with Crippen molar-refractivity contribution < 1.29 is 0 Å². The first kappa shape index (κ1) is 12.6. The Hall–Kier alpha value is -0.860. The highest BCUT2D eigenvalue weighted by Gasteiger charge is 2.40. The van der Waals surface area contributed by atoms with E-state index in [1.54, 1.807) is 0 Å². The maximum atomic E-state index is 6.16. The molecular weight excluding hydrogens is 208 g/mol. The summed E-state index contributed by atoms with van der Waals surface area (Å²) in [5.74, 6) is 0. The zero-order valence-corrected chi connectivity index (χ0v) is 10.8. The summed E-state index contributed by atoms with van der Waals surface area (Å²) in [6.07, 6.45) is 5.45. The molecule has 1 unspecified atom stereocenters. The predicted molar refractivity (Wildman–Crippen MR) is 72.8 cm³/mol. The van der Waals surface area contributed by atoms with Crippen molar-refractivity contribution in [2.75, 3.05) is 13.1 Å². The fraction of sp³-hybridized carbons (Fsp3) is 0.600. The SMILES string of the molecule is CCCC1(CNCC(N)c2ccccc2)CC1. The third kappa shape index (κ3) is 3.55. The fourth-order valence-corrected chi connectivity index (χ4v) is 2.53. The second-order valence-electron chi connectivity index (χ2n) is 5.40. The minimum absolute atomic E-state index is 0.119. The summed E-state index contributed by atoms with van der Waals surface area (Å²) in [6.45, 7) is 4.30. The molecule has 1 aliphatic carbocycles. The summed E-state index contributed by atoms with van der Waals surface area (Å²) >= 11 is 0. The molecule has 0 spiro atoms. The van der Waals surface area contributed by atoms with Gasteiger partial charge in [-0.05, 0) is 30.2 Å². The second kappa shape index (κ2) is 5.65. The topological polar surface area (TPSA) is 38.0 Å². The molecule has 2 heteroatoms. The molecule has 1 aromatic carbocycles. The Labute approximate surface area is 105 Å². The van der Waals surface area contributed by atoms with Gasteiger partial charge < -0.3 is 11.1 Å². The van der Waals surface area contributed by atoms with Crippen LogP contribution in [0.2, 0.25) is 0 Å². The molecule has 1 aliphatic rings. The van der Waals surface area contributed by atoms with Crippen molar-refractivity contribution in [2.24, 2.45) is 11.1 Å². The Kier molecular flexibility index (Phi) is 4.19. The van der Waals surface area contributed by atoms with Crippen LogP contribution in [0.25, 0.3) is 0 Å². The van der Waals surface area contributed by atoms with Crippen LogP contribution in [0.5, 0.6) is 0 Å². The molecule has 0 aromatic heterocycles. The third-order valence-electron chi connectivity index (χ3n) is 3.83. The first-order chi connectivity index (χ1) is 8.26. The van der Waals surface area contributed by atoms with Gasteiger partial charge in [-0.1, -0.05) is 43.7 Å². The summed E-state index contributed by atoms with van der Waals surface area (Å²) in [7, 11) is 0. The molecule has 1 aromatic rings. The molecule has 0 bridgehead atoms. The summed E-state index contributed by atoms with van der Waals surface area (Å²) < 4.78 is 0. The molecule has 1 fully saturated rings. The Bertz CT molecular complexity index is 330. The lowest BCUT2D eigenvalue weighted by molar-refractivity contribution is 0.413. The van der Waals surface area contributed by atoms with E-state index in [4.69, 9.17) is 5.73 Å². The third-order valence-corrected chi connectivity index (χ3v) is 3.83. The number of hydrogen-bond acceptors (Lipinski definition) is 2. The van der Waals surface area contributed by atoms with Crippen LogP contribution < -0.4 is 11.1 Å². The standard InChI is InChI=1S/C15H24N2/c1-2-8-15(9-10-15)12-17-11-14(16)13-6-4-3-5-7-13/h3-7,14,17H,2,8-12,16H2,1H3. The van der Waals surface area contributed by atoms with Gasteiger partial charge >= 0.3 is 0 Å². The van der Waals surface area contributed by atoms with Crippen LogP contribution in [0.1, 0.15) is 44.2 Å². The van der Waals surface area contributed by atoms with Crippen molar-refractivity contribution in [2.45, 2.75) is 38.6 Å². The van der Waals surface area contributed by atoms with Gasteiger partial charge in [0.15, 0.2) is 0 Å². The molecule has 1 saturated carbocycles. The monoisotopic (exact) mass is 232 g/mol. The van der Waals surface area contributed by atoms with E-state index in [2.05, 4.69) is 36.5 Å². The Morgan fingerprint density at radius 3 is 2.59 bits per heavy atom. The van der Waals surface area contributed by atoms with E-state index in [1.165, 1.54) is 31.2 Å². The molecule has 17 heavy (non-hydrogen) atoms. The lowest BCUT2D eigenvalue weighted by atomic mass is 10.0. The predicted octanol–water partition coefficient (Wildman–Crippen LogP) is 2.86. The quantitative estimate of drug-likeness (QED) is 0.758. The number of nitrogens with two attached hydrogens (primary N) is 1. The van der Waals surface area contributed by atoms with Gasteiger partial charge in [-0.25, -0.2) is 0 Å². The highest BCUT2D eigenvalue weighted by atomic mass is 14.9. The van der Waals surface area contributed by atoms with E-state index in [9.17, 15) is 0 Å². The van der Waals surface area contributed by atoms with Crippen LogP contribution in [0, 0.1) is 5.41 Å². The normalized spacial score (nSPS) is 18.9. The van der Waals surface area contributed by atoms with Crippen LogP contribution in [-0.4, -0.2) is 13.1 Å². The molecule has 2 rings (SSSR count). The smallest absolute Gasteiger partial charge is 0.0421 e. The van der Waals surface area contributed by atoms with Crippen LogP contribution in [0.15, 0.2) is 30.3 Å². The lowest BCUT2D eigenvalue weighted by Crippen LogP contribution is -2.31. The van der Waals surface area contributed by atoms with Crippen molar-refractivity contribution in [3.8, 4) is 0 Å². The minimum atomic E-state index is 0.119. The largest absolute Gasteiger partial charge is 0.323 e. The molecule has 2 nitrogen and oxygen atoms in total. The summed E-state index contributed by atoms with van der Waals surface area (Å²) in [5.41, 5.74) is 7.99. The molecule has 1 atom stereocenters. The maximum Gasteiger partial charge on any atom is 0.0421 e. The minimum Gasteiger partial charge on any atom is -0.323 e. The molecular formula is C15H24N2. The van der Waals surface area contributed by atoms with Crippen LogP contribution in [0.3, 0.4) is 0 Å². The maximum absolute atomic E-state index is 6.16.